The van der Waals surface area contributed by atoms with E-state index in [0.717, 1.165) is 17.7 Å². The molecule has 0 spiro atoms. The molecule has 0 aliphatic carbocycles. The Kier molecular flexibility index (Phi) is 4.96. The number of rotatable bonds is 6. The zero-order chi connectivity index (χ0) is 14.5. The van der Waals surface area contributed by atoms with Crippen molar-refractivity contribution in [2.45, 2.75) is 32.7 Å². The summed E-state index contributed by atoms with van der Waals surface area (Å²) in [4.78, 5) is 15.3. The van der Waals surface area contributed by atoms with E-state index in [2.05, 4.69) is 36.4 Å². The second-order valence-corrected chi connectivity index (χ2v) is 6.10. The summed E-state index contributed by atoms with van der Waals surface area (Å²) >= 11 is 1.80. The highest BCUT2D eigenvalue weighted by atomic mass is 32.1. The third-order valence-corrected chi connectivity index (χ3v) is 4.55. The highest BCUT2D eigenvalue weighted by Gasteiger charge is 2.12. The van der Waals surface area contributed by atoms with Crippen LogP contribution in [0.2, 0.25) is 0 Å². The predicted octanol–water partition coefficient (Wildman–Crippen LogP) is 4.41. The van der Waals surface area contributed by atoms with Crippen molar-refractivity contribution in [2.24, 2.45) is 0 Å². The number of hydrogen-bond donors (Lipinski definition) is 0. The van der Waals surface area contributed by atoms with Crippen molar-refractivity contribution in [3.05, 3.63) is 52.2 Å². The first-order valence-corrected chi connectivity index (χ1v) is 7.88. The Hall–Kier alpha value is -1.61. The second-order valence-electron chi connectivity index (χ2n) is 5.07. The largest absolute Gasteiger partial charge is 0.372 e. The Morgan fingerprint density at radius 2 is 1.95 bits per heavy atom. The quantitative estimate of drug-likeness (QED) is 0.734. The maximum atomic E-state index is 11.6. The molecule has 1 atom stereocenters. The molecule has 2 nitrogen and oxygen atoms in total. The highest BCUT2D eigenvalue weighted by molar-refractivity contribution is 7.09. The van der Waals surface area contributed by atoms with E-state index in [4.69, 9.17) is 0 Å². The summed E-state index contributed by atoms with van der Waals surface area (Å²) in [7, 11) is 2.11. The van der Waals surface area contributed by atoms with Crippen LogP contribution in [0.25, 0.3) is 0 Å². The number of hydrogen-bond acceptors (Lipinski definition) is 3. The fourth-order valence-corrected chi connectivity index (χ4v) is 3.02. The van der Waals surface area contributed by atoms with Crippen LogP contribution in [0.15, 0.2) is 41.8 Å². The monoisotopic (exact) mass is 287 g/mol. The molecule has 106 valence electrons. The smallest absolute Gasteiger partial charge is 0.162 e. The van der Waals surface area contributed by atoms with Crippen LogP contribution >= 0.6 is 11.3 Å². The molecule has 0 saturated heterocycles. The molecular weight excluding hydrogens is 266 g/mol. The molecule has 1 heterocycles. The third-order valence-electron chi connectivity index (χ3n) is 3.66. The van der Waals surface area contributed by atoms with E-state index in [9.17, 15) is 4.79 Å². The molecule has 1 aromatic heterocycles. The summed E-state index contributed by atoms with van der Waals surface area (Å²) in [5.74, 6) is 0.200. The number of thiophene rings is 1. The van der Waals surface area contributed by atoms with Crippen molar-refractivity contribution in [1.82, 2.24) is 0 Å². The molecule has 0 N–H and O–H groups in total. The van der Waals surface area contributed by atoms with Crippen molar-refractivity contribution >= 4 is 22.8 Å². The van der Waals surface area contributed by atoms with Gasteiger partial charge in [-0.3, -0.25) is 4.79 Å². The molecule has 1 unspecified atom stereocenters. The van der Waals surface area contributed by atoms with Crippen molar-refractivity contribution < 1.29 is 4.79 Å². The number of likely N-dealkylation sites (N-methyl/N-ethyl adjacent to an activating group) is 1. The lowest BCUT2D eigenvalue weighted by Gasteiger charge is -2.27. The van der Waals surface area contributed by atoms with Crippen LogP contribution in [0.5, 0.6) is 0 Å². The van der Waals surface area contributed by atoms with Gasteiger partial charge in [-0.1, -0.05) is 13.0 Å². The molecule has 0 aliphatic heterocycles. The Labute approximate surface area is 125 Å². The summed E-state index contributed by atoms with van der Waals surface area (Å²) in [5.41, 5.74) is 1.96. The molecule has 0 radical (unpaired) electrons. The lowest BCUT2D eigenvalue weighted by atomic mass is 10.1. The van der Waals surface area contributed by atoms with Crippen LogP contribution in [0.1, 0.15) is 35.5 Å². The fourth-order valence-electron chi connectivity index (χ4n) is 2.20. The van der Waals surface area contributed by atoms with Gasteiger partial charge in [0, 0.05) is 42.1 Å². The van der Waals surface area contributed by atoms with E-state index in [0.29, 0.717) is 12.5 Å². The zero-order valence-corrected chi connectivity index (χ0v) is 13.1. The predicted molar refractivity (Wildman–Crippen MR) is 87.0 cm³/mol. The van der Waals surface area contributed by atoms with E-state index in [1.807, 2.05) is 31.2 Å². The van der Waals surface area contributed by atoms with Crippen LogP contribution in [0.4, 0.5) is 5.69 Å². The average Bonchev–Trinajstić information content (AvgIpc) is 2.98. The number of benzene rings is 1. The molecule has 2 aromatic rings. The summed E-state index contributed by atoms with van der Waals surface area (Å²) in [6.45, 7) is 4.12. The van der Waals surface area contributed by atoms with E-state index < -0.39 is 0 Å². The third kappa shape index (κ3) is 3.48. The lowest BCUT2D eigenvalue weighted by molar-refractivity contribution is 0.0988. The SMILES string of the molecule is CCC(=O)c1ccc(N(C)C(C)Cc2cccs2)cc1. The molecule has 0 bridgehead atoms. The molecule has 3 heteroatoms. The highest BCUT2D eigenvalue weighted by Crippen LogP contribution is 2.20. The number of Topliss-reactive ketones (excluding diaryl/α,β-unsaturated/α-hetero) is 1. The van der Waals surface area contributed by atoms with Gasteiger partial charge in [0.25, 0.3) is 0 Å². The molecule has 2 rings (SSSR count). The van der Waals surface area contributed by atoms with Gasteiger partial charge in [0.05, 0.1) is 0 Å². The Morgan fingerprint density at radius 3 is 2.50 bits per heavy atom. The second kappa shape index (κ2) is 6.71. The van der Waals surface area contributed by atoms with E-state index in [-0.39, 0.29) is 5.78 Å². The molecule has 0 amide bonds. The fraction of sp³-hybridized carbons (Fsp3) is 0.353. The van der Waals surface area contributed by atoms with Gasteiger partial charge < -0.3 is 4.90 Å². The number of carbonyl (C=O) groups is 1. The number of ketones is 1. The normalized spacial score (nSPS) is 12.2. The average molecular weight is 287 g/mol. The van der Waals surface area contributed by atoms with Gasteiger partial charge in [0.2, 0.25) is 0 Å². The van der Waals surface area contributed by atoms with Crippen molar-refractivity contribution in [1.29, 1.82) is 0 Å². The molecule has 1 aromatic carbocycles. The minimum atomic E-state index is 0.200. The van der Waals surface area contributed by atoms with E-state index in [1.54, 1.807) is 11.3 Å². The maximum absolute atomic E-state index is 11.6. The minimum Gasteiger partial charge on any atom is -0.372 e. The van der Waals surface area contributed by atoms with E-state index in [1.165, 1.54) is 4.88 Å². The van der Waals surface area contributed by atoms with Crippen LogP contribution < -0.4 is 4.90 Å². The molecule has 0 fully saturated rings. The molecular formula is C17H21NOS. The first kappa shape index (κ1) is 14.8. The van der Waals surface area contributed by atoms with Gasteiger partial charge in [-0.15, -0.1) is 11.3 Å². The summed E-state index contributed by atoms with van der Waals surface area (Å²) in [6.07, 6.45) is 1.60. The standard InChI is InChI=1S/C17H21NOS/c1-4-17(19)14-7-9-15(10-8-14)18(3)13(2)12-16-6-5-11-20-16/h5-11,13H,4,12H2,1-3H3. The Morgan fingerprint density at radius 1 is 1.25 bits per heavy atom. The van der Waals surface area contributed by atoms with Gasteiger partial charge in [-0.25, -0.2) is 0 Å². The van der Waals surface area contributed by atoms with Crippen molar-refractivity contribution in [2.75, 3.05) is 11.9 Å². The summed E-state index contributed by atoms with van der Waals surface area (Å²) in [6, 6.07) is 12.6. The lowest BCUT2D eigenvalue weighted by Crippen LogP contribution is -2.30. The number of carbonyl (C=O) groups excluding carboxylic acids is 1. The van der Waals surface area contributed by atoms with Gasteiger partial charge in [0.1, 0.15) is 0 Å². The van der Waals surface area contributed by atoms with Crippen LogP contribution in [0.3, 0.4) is 0 Å². The van der Waals surface area contributed by atoms with E-state index >= 15 is 0 Å². The molecule has 0 aliphatic rings. The Bertz CT molecular complexity index is 545. The Balaban J connectivity index is 2.04. The molecule has 0 saturated carbocycles. The topological polar surface area (TPSA) is 20.3 Å². The molecule has 20 heavy (non-hydrogen) atoms. The van der Waals surface area contributed by atoms with Gasteiger partial charge in [-0.05, 0) is 42.6 Å². The van der Waals surface area contributed by atoms with Crippen molar-refractivity contribution in [3.63, 3.8) is 0 Å². The zero-order valence-electron chi connectivity index (χ0n) is 12.3. The number of anilines is 1. The first-order valence-electron chi connectivity index (χ1n) is 7.00. The van der Waals surface area contributed by atoms with Gasteiger partial charge in [-0.2, -0.15) is 0 Å². The van der Waals surface area contributed by atoms with Gasteiger partial charge in [0.15, 0.2) is 5.78 Å². The summed E-state index contributed by atoms with van der Waals surface area (Å²) in [5, 5.41) is 2.12. The van der Waals surface area contributed by atoms with Crippen LogP contribution in [0, 0.1) is 0 Å². The van der Waals surface area contributed by atoms with Gasteiger partial charge >= 0.3 is 0 Å². The summed E-state index contributed by atoms with van der Waals surface area (Å²) < 4.78 is 0. The van der Waals surface area contributed by atoms with Crippen molar-refractivity contribution in [3.8, 4) is 0 Å². The minimum absolute atomic E-state index is 0.200. The number of nitrogens with zero attached hydrogens (tertiary/aromatic N) is 1. The maximum Gasteiger partial charge on any atom is 0.162 e. The van der Waals surface area contributed by atoms with Crippen LogP contribution in [-0.2, 0) is 6.42 Å². The van der Waals surface area contributed by atoms with Crippen LogP contribution in [-0.4, -0.2) is 18.9 Å². The first-order chi connectivity index (χ1) is 9.61.